The highest BCUT2D eigenvalue weighted by Gasteiger charge is 2.40. The number of hydrogen-bond donors (Lipinski definition) is 1. The van der Waals surface area contributed by atoms with Gasteiger partial charge in [-0.05, 0) is 37.1 Å². The van der Waals surface area contributed by atoms with E-state index in [2.05, 4.69) is 4.90 Å². The molecule has 1 aromatic heterocycles. The SMILES string of the molecule is COc1cccc(F)c1-c1c(F)ccc2c(N)c3c(nc12)CN(C1CCC1)C3C=O. The number of nitrogens with two attached hydrogens (primary N) is 1. The van der Waals surface area contributed by atoms with Gasteiger partial charge in [0.05, 0.1) is 35.5 Å². The van der Waals surface area contributed by atoms with E-state index in [1.54, 1.807) is 6.07 Å². The first-order valence-corrected chi connectivity index (χ1v) is 9.99. The van der Waals surface area contributed by atoms with Crippen molar-refractivity contribution < 1.29 is 18.3 Å². The smallest absolute Gasteiger partial charge is 0.141 e. The number of ether oxygens (including phenoxy) is 1. The predicted octanol–water partition coefficient (Wildman–Crippen LogP) is 4.38. The number of aldehydes is 1. The topological polar surface area (TPSA) is 68.5 Å². The Kier molecular flexibility index (Phi) is 4.43. The van der Waals surface area contributed by atoms with Crippen LogP contribution < -0.4 is 10.5 Å². The summed E-state index contributed by atoms with van der Waals surface area (Å²) in [7, 11) is 1.41. The van der Waals surface area contributed by atoms with Gasteiger partial charge in [0.15, 0.2) is 0 Å². The monoisotopic (exact) mass is 409 g/mol. The molecule has 5 rings (SSSR count). The van der Waals surface area contributed by atoms with Crippen molar-refractivity contribution in [1.82, 2.24) is 9.88 Å². The Morgan fingerprint density at radius 1 is 1.17 bits per heavy atom. The highest BCUT2D eigenvalue weighted by Crippen LogP contribution is 2.46. The third kappa shape index (κ3) is 2.61. The number of benzene rings is 2. The molecular weight excluding hydrogens is 388 g/mol. The van der Waals surface area contributed by atoms with Crippen LogP contribution in [-0.2, 0) is 11.3 Å². The molecule has 1 atom stereocenters. The number of methoxy groups -OCH3 is 1. The third-order valence-corrected chi connectivity index (χ3v) is 6.37. The van der Waals surface area contributed by atoms with Crippen molar-refractivity contribution in [2.45, 2.75) is 37.9 Å². The van der Waals surface area contributed by atoms with Gasteiger partial charge in [-0.2, -0.15) is 0 Å². The van der Waals surface area contributed by atoms with E-state index in [0.29, 0.717) is 34.9 Å². The first-order valence-electron chi connectivity index (χ1n) is 9.99. The molecule has 0 bridgehead atoms. The van der Waals surface area contributed by atoms with Crippen LogP contribution in [0.5, 0.6) is 5.75 Å². The zero-order valence-electron chi connectivity index (χ0n) is 16.5. The highest BCUT2D eigenvalue weighted by atomic mass is 19.1. The molecule has 1 unspecified atom stereocenters. The van der Waals surface area contributed by atoms with Gasteiger partial charge in [0.1, 0.15) is 23.7 Å². The van der Waals surface area contributed by atoms with Gasteiger partial charge in [0, 0.05) is 29.2 Å². The molecule has 0 spiro atoms. The molecule has 0 saturated heterocycles. The van der Waals surface area contributed by atoms with Crippen LogP contribution in [0.15, 0.2) is 30.3 Å². The number of anilines is 1. The molecule has 2 aliphatic rings. The molecule has 2 aromatic carbocycles. The summed E-state index contributed by atoms with van der Waals surface area (Å²) in [6, 6.07) is 6.99. The zero-order chi connectivity index (χ0) is 21.0. The van der Waals surface area contributed by atoms with Gasteiger partial charge in [-0.15, -0.1) is 0 Å². The first kappa shape index (κ1) is 18.9. The largest absolute Gasteiger partial charge is 0.496 e. The molecule has 0 amide bonds. The maximum atomic E-state index is 15.0. The lowest BCUT2D eigenvalue weighted by atomic mass is 9.90. The summed E-state index contributed by atoms with van der Waals surface area (Å²) in [5, 5.41) is 0.498. The van der Waals surface area contributed by atoms with Crippen LogP contribution in [0.3, 0.4) is 0 Å². The molecular formula is C23H21F2N3O2. The minimum atomic E-state index is -0.612. The number of nitrogen functional groups attached to an aromatic ring is 1. The second kappa shape index (κ2) is 7.02. The summed E-state index contributed by atoms with van der Waals surface area (Å²) in [6.07, 6.45) is 4.10. The van der Waals surface area contributed by atoms with Gasteiger partial charge < -0.3 is 15.3 Å². The van der Waals surface area contributed by atoms with E-state index in [4.69, 9.17) is 15.5 Å². The van der Waals surface area contributed by atoms with Crippen molar-refractivity contribution in [1.29, 1.82) is 0 Å². The Balaban J connectivity index is 1.78. The number of halogens is 2. The van der Waals surface area contributed by atoms with Crippen LogP contribution in [-0.4, -0.2) is 29.3 Å². The van der Waals surface area contributed by atoms with E-state index >= 15 is 4.39 Å². The Labute approximate surface area is 172 Å². The lowest BCUT2D eigenvalue weighted by Crippen LogP contribution is -2.39. The van der Waals surface area contributed by atoms with Crippen LogP contribution >= 0.6 is 0 Å². The number of carbonyl (C=O) groups is 1. The minimum Gasteiger partial charge on any atom is -0.496 e. The fourth-order valence-corrected chi connectivity index (χ4v) is 4.66. The van der Waals surface area contributed by atoms with E-state index in [1.165, 1.54) is 31.4 Å². The molecule has 30 heavy (non-hydrogen) atoms. The maximum Gasteiger partial charge on any atom is 0.141 e. The van der Waals surface area contributed by atoms with Crippen molar-refractivity contribution in [3.63, 3.8) is 0 Å². The Morgan fingerprint density at radius 2 is 1.93 bits per heavy atom. The van der Waals surface area contributed by atoms with Gasteiger partial charge in [0.2, 0.25) is 0 Å². The maximum absolute atomic E-state index is 15.0. The number of hydrogen-bond acceptors (Lipinski definition) is 5. The molecule has 7 heteroatoms. The quantitative estimate of drug-likeness (QED) is 0.648. The molecule has 2 N–H and O–H groups in total. The van der Waals surface area contributed by atoms with Crippen molar-refractivity contribution in [2.24, 2.45) is 0 Å². The molecule has 154 valence electrons. The van der Waals surface area contributed by atoms with Crippen molar-refractivity contribution >= 4 is 22.9 Å². The van der Waals surface area contributed by atoms with E-state index in [0.717, 1.165) is 25.5 Å². The van der Waals surface area contributed by atoms with E-state index in [-0.39, 0.29) is 22.4 Å². The average molecular weight is 409 g/mol. The Bertz CT molecular complexity index is 1180. The van der Waals surface area contributed by atoms with Crippen LogP contribution in [0.4, 0.5) is 14.5 Å². The van der Waals surface area contributed by atoms with E-state index in [1.807, 2.05) is 0 Å². The fraction of sp³-hybridized carbons (Fsp3) is 0.304. The van der Waals surface area contributed by atoms with E-state index < -0.39 is 17.7 Å². The van der Waals surface area contributed by atoms with E-state index in [9.17, 15) is 9.18 Å². The minimum absolute atomic E-state index is 0.00994. The molecule has 3 aromatic rings. The average Bonchev–Trinajstić information content (AvgIpc) is 3.05. The zero-order valence-corrected chi connectivity index (χ0v) is 16.5. The lowest BCUT2D eigenvalue weighted by Gasteiger charge is -2.36. The Morgan fingerprint density at radius 3 is 2.60 bits per heavy atom. The normalized spacial score (nSPS) is 19.0. The highest BCUT2D eigenvalue weighted by molar-refractivity contribution is 6.03. The summed E-state index contributed by atoms with van der Waals surface area (Å²) in [5.74, 6) is -1.01. The molecule has 2 heterocycles. The molecule has 1 saturated carbocycles. The van der Waals surface area contributed by atoms with Gasteiger partial charge in [-0.3, -0.25) is 9.88 Å². The Hall–Kier alpha value is -3.06. The standard InChI is InChI=1S/C23H21F2N3O2/c1-30-18-7-3-6-14(24)19(18)20-15(25)9-8-13-22(26)21-16(27-23(13)20)10-28(17(21)11-29)12-4-2-5-12/h3,6-9,11-12,17H,2,4-5,10H2,1H3,(H2,26,27). The third-order valence-electron chi connectivity index (χ3n) is 6.37. The molecule has 1 aliphatic heterocycles. The summed E-state index contributed by atoms with van der Waals surface area (Å²) in [5.41, 5.74) is 8.51. The summed E-state index contributed by atoms with van der Waals surface area (Å²) in [4.78, 5) is 18.8. The summed E-state index contributed by atoms with van der Waals surface area (Å²) in [6.45, 7) is 0.466. The molecule has 1 aliphatic carbocycles. The second-order valence-electron chi connectivity index (χ2n) is 7.86. The predicted molar refractivity (Wildman–Crippen MR) is 110 cm³/mol. The second-order valence-corrected chi connectivity index (χ2v) is 7.86. The number of nitrogens with zero attached hydrogens (tertiary/aromatic N) is 2. The van der Waals surface area contributed by atoms with Crippen LogP contribution in [0.25, 0.3) is 22.0 Å². The van der Waals surface area contributed by atoms with Gasteiger partial charge in [0.25, 0.3) is 0 Å². The molecule has 0 radical (unpaired) electrons. The summed E-state index contributed by atoms with van der Waals surface area (Å²) < 4.78 is 35.1. The first-order chi connectivity index (χ1) is 14.5. The summed E-state index contributed by atoms with van der Waals surface area (Å²) >= 11 is 0. The number of carbonyl (C=O) groups excluding carboxylic acids is 1. The van der Waals surface area contributed by atoms with Crippen LogP contribution in [0.1, 0.15) is 36.6 Å². The fourth-order valence-electron chi connectivity index (χ4n) is 4.66. The number of aromatic nitrogens is 1. The number of pyridine rings is 1. The van der Waals surface area contributed by atoms with Gasteiger partial charge in [-0.25, -0.2) is 8.78 Å². The van der Waals surface area contributed by atoms with Crippen molar-refractivity contribution in [2.75, 3.05) is 12.8 Å². The lowest BCUT2D eigenvalue weighted by molar-refractivity contribution is -0.113. The van der Waals surface area contributed by atoms with Crippen molar-refractivity contribution in [3.8, 4) is 16.9 Å². The van der Waals surface area contributed by atoms with Gasteiger partial charge in [-0.1, -0.05) is 12.5 Å². The molecule has 1 fully saturated rings. The number of fused-ring (bicyclic) bond motifs is 2. The van der Waals surface area contributed by atoms with Gasteiger partial charge >= 0.3 is 0 Å². The van der Waals surface area contributed by atoms with Crippen molar-refractivity contribution in [3.05, 3.63) is 53.2 Å². The molecule has 5 nitrogen and oxygen atoms in total. The van der Waals surface area contributed by atoms with Crippen LogP contribution in [0, 0.1) is 11.6 Å². The number of rotatable bonds is 4. The van der Waals surface area contributed by atoms with Crippen LogP contribution in [0.2, 0.25) is 0 Å².